The van der Waals surface area contributed by atoms with Crippen LogP contribution in [0.1, 0.15) is 24.0 Å². The molecule has 1 aliphatic heterocycles. The van der Waals surface area contributed by atoms with Crippen LogP contribution in [0.3, 0.4) is 0 Å². The minimum absolute atomic E-state index is 0.0302. The molecular formula is C22H29FN4O. The van der Waals surface area contributed by atoms with Gasteiger partial charge in [-0.15, -0.1) is 0 Å². The second kappa shape index (κ2) is 9.64. The zero-order valence-electron chi connectivity index (χ0n) is 16.7. The van der Waals surface area contributed by atoms with Crippen LogP contribution in [0.5, 0.6) is 0 Å². The molecule has 2 aromatic rings. The number of hydrogen-bond donors (Lipinski definition) is 0. The Kier molecular flexibility index (Phi) is 6.98. The fourth-order valence-corrected chi connectivity index (χ4v) is 3.63. The summed E-state index contributed by atoms with van der Waals surface area (Å²) >= 11 is 0. The van der Waals surface area contributed by atoms with Gasteiger partial charge in [-0.25, -0.2) is 4.39 Å². The van der Waals surface area contributed by atoms with Crippen molar-refractivity contribution in [2.75, 3.05) is 33.2 Å². The van der Waals surface area contributed by atoms with Crippen molar-refractivity contribution in [3.05, 3.63) is 59.7 Å². The second-order valence-corrected chi connectivity index (χ2v) is 7.66. The van der Waals surface area contributed by atoms with Gasteiger partial charge in [-0.1, -0.05) is 12.1 Å². The Balaban J connectivity index is 1.37. The highest BCUT2D eigenvalue weighted by molar-refractivity contribution is 5.91. The molecule has 1 aromatic carbocycles. The topological polar surface area (TPSA) is 41.4 Å². The van der Waals surface area contributed by atoms with Gasteiger partial charge in [0.2, 0.25) is 5.91 Å². The van der Waals surface area contributed by atoms with Crippen LogP contribution in [0, 0.1) is 11.7 Å². The first kappa shape index (κ1) is 20.3. The van der Waals surface area contributed by atoms with Crippen LogP contribution in [0.15, 0.2) is 42.7 Å². The number of likely N-dealkylation sites (tertiary alicyclic amines) is 1. The van der Waals surface area contributed by atoms with Gasteiger partial charge < -0.3 is 9.80 Å². The molecule has 0 aliphatic carbocycles. The summed E-state index contributed by atoms with van der Waals surface area (Å²) in [5.41, 5.74) is 2.10. The molecule has 0 spiro atoms. The number of piperidine rings is 1. The third-order valence-electron chi connectivity index (χ3n) is 5.39. The van der Waals surface area contributed by atoms with Crippen molar-refractivity contribution >= 4 is 12.0 Å². The van der Waals surface area contributed by atoms with Gasteiger partial charge in [0, 0.05) is 45.0 Å². The lowest BCUT2D eigenvalue weighted by atomic mass is 9.96. The van der Waals surface area contributed by atoms with E-state index in [2.05, 4.69) is 10.00 Å². The van der Waals surface area contributed by atoms with Crippen LogP contribution >= 0.6 is 0 Å². The molecule has 0 N–H and O–H groups in total. The molecule has 1 saturated heterocycles. The molecule has 2 heterocycles. The Morgan fingerprint density at radius 1 is 1.29 bits per heavy atom. The van der Waals surface area contributed by atoms with Crippen molar-refractivity contribution in [1.82, 2.24) is 19.6 Å². The molecule has 0 radical (unpaired) electrons. The van der Waals surface area contributed by atoms with Crippen LogP contribution in [-0.4, -0.2) is 58.7 Å². The zero-order chi connectivity index (χ0) is 19.9. The molecule has 1 aliphatic rings. The Labute approximate surface area is 166 Å². The van der Waals surface area contributed by atoms with Crippen LogP contribution in [0.2, 0.25) is 0 Å². The van der Waals surface area contributed by atoms with Gasteiger partial charge in [0.05, 0.1) is 6.20 Å². The summed E-state index contributed by atoms with van der Waals surface area (Å²) in [5.74, 6) is 0.393. The first-order valence-electron chi connectivity index (χ1n) is 9.88. The molecule has 1 aromatic heterocycles. The van der Waals surface area contributed by atoms with E-state index in [9.17, 15) is 9.18 Å². The molecule has 0 saturated carbocycles. The van der Waals surface area contributed by atoms with Crippen LogP contribution < -0.4 is 0 Å². The van der Waals surface area contributed by atoms with Gasteiger partial charge in [-0.2, -0.15) is 5.10 Å². The van der Waals surface area contributed by atoms with E-state index in [0.29, 0.717) is 5.92 Å². The van der Waals surface area contributed by atoms with Gasteiger partial charge in [0.1, 0.15) is 5.82 Å². The number of halogens is 1. The number of nitrogens with zero attached hydrogens (tertiary/aromatic N) is 4. The molecule has 3 rings (SSSR count). The summed E-state index contributed by atoms with van der Waals surface area (Å²) in [5, 5.41) is 4.10. The average Bonchev–Trinajstić information content (AvgIpc) is 3.12. The fraction of sp³-hybridized carbons (Fsp3) is 0.455. The number of carbonyl (C=O) groups is 1. The fourth-order valence-electron chi connectivity index (χ4n) is 3.63. The van der Waals surface area contributed by atoms with E-state index in [4.69, 9.17) is 0 Å². The Morgan fingerprint density at radius 3 is 2.64 bits per heavy atom. The number of amides is 1. The molecular weight excluding hydrogens is 355 g/mol. The minimum atomic E-state index is -0.182. The number of carbonyl (C=O) groups excluding carboxylic acids is 1. The number of benzene rings is 1. The number of rotatable bonds is 7. The molecule has 0 atom stereocenters. The molecule has 1 fully saturated rings. The molecule has 5 nitrogen and oxygen atoms in total. The van der Waals surface area contributed by atoms with Crippen molar-refractivity contribution in [3.8, 4) is 0 Å². The minimum Gasteiger partial charge on any atom is -0.342 e. The van der Waals surface area contributed by atoms with E-state index in [0.717, 1.165) is 51.0 Å². The van der Waals surface area contributed by atoms with E-state index in [1.54, 1.807) is 17.0 Å². The van der Waals surface area contributed by atoms with Crippen LogP contribution in [0.25, 0.3) is 6.08 Å². The average molecular weight is 384 g/mol. The van der Waals surface area contributed by atoms with Crippen molar-refractivity contribution in [2.45, 2.75) is 19.3 Å². The van der Waals surface area contributed by atoms with Gasteiger partial charge in [-0.3, -0.25) is 9.48 Å². The first-order chi connectivity index (χ1) is 13.5. The van der Waals surface area contributed by atoms with Gasteiger partial charge in [0.15, 0.2) is 0 Å². The Bertz CT molecular complexity index is 791. The molecule has 0 unspecified atom stereocenters. The van der Waals surface area contributed by atoms with Gasteiger partial charge >= 0.3 is 0 Å². The maximum Gasteiger partial charge on any atom is 0.246 e. The summed E-state index contributed by atoms with van der Waals surface area (Å²) in [6.07, 6.45) is 10.2. The normalized spacial score (nSPS) is 16.0. The highest BCUT2D eigenvalue weighted by Gasteiger charge is 2.21. The largest absolute Gasteiger partial charge is 0.342 e. The quantitative estimate of drug-likeness (QED) is 0.689. The summed E-state index contributed by atoms with van der Waals surface area (Å²) < 4.78 is 14.7. The van der Waals surface area contributed by atoms with Crippen molar-refractivity contribution in [2.24, 2.45) is 13.0 Å². The monoisotopic (exact) mass is 384 g/mol. The van der Waals surface area contributed by atoms with Crippen molar-refractivity contribution in [3.63, 3.8) is 0 Å². The molecule has 6 heteroatoms. The smallest absolute Gasteiger partial charge is 0.246 e. The third kappa shape index (κ3) is 6.02. The molecule has 1 amide bonds. The Hall–Kier alpha value is -2.47. The summed E-state index contributed by atoms with van der Waals surface area (Å²) in [6.45, 7) is 3.90. The summed E-state index contributed by atoms with van der Waals surface area (Å²) in [7, 11) is 3.73. The second-order valence-electron chi connectivity index (χ2n) is 7.66. The number of hydrogen-bond acceptors (Lipinski definition) is 3. The highest BCUT2D eigenvalue weighted by Crippen LogP contribution is 2.19. The highest BCUT2D eigenvalue weighted by atomic mass is 19.1. The van der Waals surface area contributed by atoms with Gasteiger partial charge in [0.25, 0.3) is 0 Å². The number of aryl methyl sites for hydroxylation is 1. The first-order valence-corrected chi connectivity index (χ1v) is 9.88. The van der Waals surface area contributed by atoms with E-state index >= 15 is 0 Å². The standard InChI is InChI=1S/C22H29FN4O/c1-25(22(28)8-5-20-15-24-26(2)17-20)16-19-10-13-27(14-11-19)12-9-18-3-6-21(23)7-4-18/h3-8,15,17,19H,9-14,16H2,1-2H3. The van der Waals surface area contributed by atoms with E-state index < -0.39 is 0 Å². The third-order valence-corrected chi connectivity index (χ3v) is 5.39. The van der Waals surface area contributed by atoms with Crippen molar-refractivity contribution < 1.29 is 9.18 Å². The molecule has 150 valence electrons. The lowest BCUT2D eigenvalue weighted by Gasteiger charge is -2.33. The predicted octanol–water partition coefficient (Wildman–Crippen LogP) is 2.99. The summed E-state index contributed by atoms with van der Waals surface area (Å²) in [6, 6.07) is 6.78. The zero-order valence-corrected chi connectivity index (χ0v) is 16.7. The number of aromatic nitrogens is 2. The number of likely N-dealkylation sites (N-methyl/N-ethyl adjacent to an activating group) is 1. The van der Waals surface area contributed by atoms with Crippen molar-refractivity contribution in [1.29, 1.82) is 0 Å². The lowest BCUT2D eigenvalue weighted by Crippen LogP contribution is -2.39. The maximum absolute atomic E-state index is 13.0. The van der Waals surface area contributed by atoms with E-state index in [-0.39, 0.29) is 11.7 Å². The van der Waals surface area contributed by atoms with E-state index in [1.165, 1.54) is 17.7 Å². The van der Waals surface area contributed by atoms with E-state index in [1.807, 2.05) is 43.4 Å². The van der Waals surface area contributed by atoms with Crippen LogP contribution in [-0.2, 0) is 18.3 Å². The van der Waals surface area contributed by atoms with Gasteiger partial charge in [-0.05, 0) is 62.0 Å². The SMILES string of the molecule is CN(CC1CCN(CCc2ccc(F)cc2)CC1)C(=O)C=Cc1cnn(C)c1. The molecule has 28 heavy (non-hydrogen) atoms. The molecule has 0 bridgehead atoms. The van der Waals surface area contributed by atoms with Crippen LogP contribution in [0.4, 0.5) is 4.39 Å². The Morgan fingerprint density at radius 2 is 2.00 bits per heavy atom. The lowest BCUT2D eigenvalue weighted by molar-refractivity contribution is -0.125. The maximum atomic E-state index is 13.0. The summed E-state index contributed by atoms with van der Waals surface area (Å²) in [4.78, 5) is 16.6. The predicted molar refractivity (Wildman–Crippen MR) is 109 cm³/mol.